The molecule has 0 fully saturated rings. The summed E-state index contributed by atoms with van der Waals surface area (Å²) in [6, 6.07) is 0. The van der Waals surface area contributed by atoms with Gasteiger partial charge < -0.3 is 33.8 Å². The average molecular weight is 1380 g/mol. The van der Waals surface area contributed by atoms with Crippen LogP contribution in [0.3, 0.4) is 0 Å². The van der Waals surface area contributed by atoms with Crippen LogP contribution in [-0.2, 0) is 65.4 Å². The summed E-state index contributed by atoms with van der Waals surface area (Å²) < 4.78 is 68.2. The minimum atomic E-state index is -4.95. The van der Waals surface area contributed by atoms with E-state index in [-0.39, 0.29) is 25.7 Å². The minimum absolute atomic E-state index is 0.104. The van der Waals surface area contributed by atoms with E-state index in [1.165, 1.54) is 205 Å². The quantitative estimate of drug-likeness (QED) is 0.0222. The van der Waals surface area contributed by atoms with Gasteiger partial charge in [0.05, 0.1) is 26.4 Å². The first-order valence-corrected chi connectivity index (χ1v) is 42.3. The maximum Gasteiger partial charge on any atom is 0.472 e. The highest BCUT2D eigenvalue weighted by Crippen LogP contribution is 2.45. The second-order valence-electron chi connectivity index (χ2n) is 27.0. The van der Waals surface area contributed by atoms with E-state index in [1.807, 2.05) is 0 Å². The summed E-state index contributed by atoms with van der Waals surface area (Å²) in [5.41, 5.74) is 0. The Bertz CT molecular complexity index is 1790. The first-order chi connectivity index (χ1) is 45.7. The molecule has 0 aromatic heterocycles. The molecule has 0 saturated heterocycles. The zero-order chi connectivity index (χ0) is 69.0. The molecule has 0 spiro atoms. The molecule has 0 rings (SSSR count). The Morgan fingerprint density at radius 1 is 0.255 bits per heavy atom. The molecule has 17 nitrogen and oxygen atoms in total. The first-order valence-electron chi connectivity index (χ1n) is 39.3. The van der Waals surface area contributed by atoms with E-state index in [0.29, 0.717) is 25.7 Å². The van der Waals surface area contributed by atoms with E-state index >= 15 is 0 Å². The number of aliphatic hydroxyl groups is 1. The molecule has 19 heteroatoms. The predicted molar refractivity (Wildman–Crippen MR) is 382 cm³/mol. The molecule has 0 aromatic rings. The van der Waals surface area contributed by atoms with Crippen LogP contribution in [0.4, 0.5) is 0 Å². The highest BCUT2D eigenvalue weighted by atomic mass is 31.2. The first kappa shape index (κ1) is 92.1. The van der Waals surface area contributed by atoms with Crippen molar-refractivity contribution < 1.29 is 80.2 Å². The van der Waals surface area contributed by atoms with E-state index < -0.39 is 97.5 Å². The van der Waals surface area contributed by atoms with Gasteiger partial charge in [-0.25, -0.2) is 9.13 Å². The van der Waals surface area contributed by atoms with Crippen LogP contribution in [-0.4, -0.2) is 96.7 Å². The molecule has 558 valence electrons. The van der Waals surface area contributed by atoms with Crippen LogP contribution in [0, 0.1) is 0 Å². The van der Waals surface area contributed by atoms with Gasteiger partial charge in [-0.1, -0.05) is 349 Å². The Labute approximate surface area is 575 Å². The van der Waals surface area contributed by atoms with Gasteiger partial charge in [0.2, 0.25) is 0 Å². The maximum absolute atomic E-state index is 13.1. The van der Waals surface area contributed by atoms with Crippen LogP contribution in [0.1, 0.15) is 400 Å². The monoisotopic (exact) mass is 1380 g/mol. The zero-order valence-electron chi connectivity index (χ0n) is 60.9. The summed E-state index contributed by atoms with van der Waals surface area (Å²) in [4.78, 5) is 72.4. The van der Waals surface area contributed by atoms with Gasteiger partial charge in [-0.2, -0.15) is 0 Å². The number of rotatable bonds is 76. The second kappa shape index (κ2) is 69.5. The third-order valence-corrected chi connectivity index (χ3v) is 19.5. The lowest BCUT2D eigenvalue weighted by molar-refractivity contribution is -0.161. The molecule has 0 radical (unpaired) electrons. The van der Waals surface area contributed by atoms with Crippen LogP contribution in [0.2, 0.25) is 0 Å². The van der Waals surface area contributed by atoms with Crippen molar-refractivity contribution in [2.75, 3.05) is 39.6 Å². The molecule has 0 aliphatic carbocycles. The van der Waals surface area contributed by atoms with Crippen LogP contribution in [0.15, 0.2) is 0 Å². The van der Waals surface area contributed by atoms with Crippen LogP contribution < -0.4 is 0 Å². The van der Waals surface area contributed by atoms with E-state index in [1.54, 1.807) is 0 Å². The van der Waals surface area contributed by atoms with Crippen molar-refractivity contribution in [3.8, 4) is 0 Å². The average Bonchev–Trinajstić information content (AvgIpc) is 2.12. The number of unbranched alkanes of at least 4 members (excludes halogenated alkanes) is 50. The predicted octanol–water partition coefficient (Wildman–Crippen LogP) is 22.2. The number of hydrogen-bond acceptors (Lipinski definition) is 15. The van der Waals surface area contributed by atoms with Crippen molar-refractivity contribution in [1.29, 1.82) is 0 Å². The number of carbonyl (C=O) groups excluding carboxylic acids is 4. The Balaban J connectivity index is 5.09. The molecule has 0 aromatic carbocycles. The zero-order valence-corrected chi connectivity index (χ0v) is 62.7. The fraction of sp³-hybridized carbons (Fsp3) is 0.947. The third kappa shape index (κ3) is 68.6. The second-order valence-corrected chi connectivity index (χ2v) is 29.9. The SMILES string of the molecule is CCCCCCCCCCCCCCCCCCCCCCCC(=O)O[C@H](COC(=O)CCCCCCCCCCCCCCCCCCCCC)COP(=O)(O)OC[C@@H](O)COP(=O)(O)OC[C@@H](COC(=O)CCCCCCCCC)OC(=O)CCCCCCCCC. The molecule has 0 saturated carbocycles. The van der Waals surface area contributed by atoms with Crippen molar-refractivity contribution in [1.82, 2.24) is 0 Å². The fourth-order valence-electron chi connectivity index (χ4n) is 11.6. The van der Waals surface area contributed by atoms with Gasteiger partial charge >= 0.3 is 39.5 Å². The summed E-state index contributed by atoms with van der Waals surface area (Å²) in [5, 5.41) is 10.6. The van der Waals surface area contributed by atoms with Crippen LogP contribution in [0.5, 0.6) is 0 Å². The van der Waals surface area contributed by atoms with Gasteiger partial charge in [-0.15, -0.1) is 0 Å². The van der Waals surface area contributed by atoms with Crippen molar-refractivity contribution >= 4 is 39.5 Å². The van der Waals surface area contributed by atoms with Gasteiger partial charge in [-0.05, 0) is 25.7 Å². The topological polar surface area (TPSA) is 237 Å². The Kier molecular flexibility index (Phi) is 68.1. The van der Waals surface area contributed by atoms with Crippen LogP contribution >= 0.6 is 15.6 Å². The third-order valence-electron chi connectivity index (χ3n) is 17.6. The van der Waals surface area contributed by atoms with E-state index in [9.17, 15) is 43.2 Å². The smallest absolute Gasteiger partial charge is 0.462 e. The number of esters is 4. The maximum atomic E-state index is 13.1. The summed E-state index contributed by atoms with van der Waals surface area (Å²) in [5.74, 6) is -2.13. The van der Waals surface area contributed by atoms with Gasteiger partial charge in [0.25, 0.3) is 0 Å². The molecule has 0 aliphatic rings. The van der Waals surface area contributed by atoms with E-state index in [2.05, 4.69) is 27.7 Å². The number of carbonyl (C=O) groups is 4. The molecule has 94 heavy (non-hydrogen) atoms. The van der Waals surface area contributed by atoms with Crippen molar-refractivity contribution in [2.45, 2.75) is 418 Å². The summed E-state index contributed by atoms with van der Waals surface area (Å²) in [7, 11) is -9.89. The normalized spacial score (nSPS) is 13.9. The van der Waals surface area contributed by atoms with Crippen molar-refractivity contribution in [2.24, 2.45) is 0 Å². The Morgan fingerprint density at radius 2 is 0.426 bits per heavy atom. The molecule has 0 aliphatic heterocycles. The highest BCUT2D eigenvalue weighted by Gasteiger charge is 2.30. The minimum Gasteiger partial charge on any atom is -0.462 e. The Morgan fingerprint density at radius 3 is 0.628 bits per heavy atom. The molecule has 3 N–H and O–H groups in total. The van der Waals surface area contributed by atoms with E-state index in [0.717, 1.165) is 116 Å². The lowest BCUT2D eigenvalue weighted by Crippen LogP contribution is -2.30. The molecular weight excluding hydrogens is 1230 g/mol. The van der Waals surface area contributed by atoms with Gasteiger partial charge in [-0.3, -0.25) is 37.3 Å². The molecule has 0 bridgehead atoms. The van der Waals surface area contributed by atoms with E-state index in [4.69, 9.17) is 37.0 Å². The largest absolute Gasteiger partial charge is 0.472 e. The molecular formula is C75H146O17P2. The van der Waals surface area contributed by atoms with Crippen molar-refractivity contribution in [3.05, 3.63) is 0 Å². The number of hydrogen-bond donors (Lipinski definition) is 3. The number of phosphoric acid groups is 2. The van der Waals surface area contributed by atoms with Crippen molar-refractivity contribution in [3.63, 3.8) is 0 Å². The fourth-order valence-corrected chi connectivity index (χ4v) is 13.2. The van der Waals surface area contributed by atoms with Gasteiger partial charge in [0, 0.05) is 25.7 Å². The molecule has 0 heterocycles. The lowest BCUT2D eigenvalue weighted by Gasteiger charge is -2.21. The molecule has 2 unspecified atom stereocenters. The molecule has 0 amide bonds. The van der Waals surface area contributed by atoms with Gasteiger partial charge in [0.1, 0.15) is 19.3 Å². The highest BCUT2D eigenvalue weighted by molar-refractivity contribution is 7.47. The number of ether oxygens (including phenoxy) is 4. The van der Waals surface area contributed by atoms with Crippen LogP contribution in [0.25, 0.3) is 0 Å². The lowest BCUT2D eigenvalue weighted by atomic mass is 10.0. The summed E-state index contributed by atoms with van der Waals surface area (Å²) in [6.45, 7) is 4.88. The number of aliphatic hydroxyl groups excluding tert-OH is 1. The summed E-state index contributed by atoms with van der Waals surface area (Å²) in [6.07, 6.45) is 60.3. The summed E-state index contributed by atoms with van der Waals surface area (Å²) >= 11 is 0. The standard InChI is InChI=1S/C75H146O17P2/c1-5-9-13-17-21-23-25-27-29-31-33-34-36-38-40-42-44-46-50-54-58-62-75(80)92-71(66-86-73(78)60-56-52-49-45-43-41-39-37-35-32-30-28-26-24-22-18-14-10-6-2)68-90-94(83,84)88-64-69(76)63-87-93(81,82)89-67-70(91-74(79)61-57-53-48-20-16-12-8-4)65-85-72(77)59-55-51-47-19-15-11-7-3/h69-71,76H,5-68H2,1-4H3,(H,81,82)(H,83,84)/t69-,70+,71+/m0/s1. The van der Waals surface area contributed by atoms with Gasteiger partial charge in [0.15, 0.2) is 12.2 Å². The molecule has 5 atom stereocenters. The number of phosphoric ester groups is 2. The Hall–Kier alpha value is -1.94.